The average Bonchev–Trinajstić information content (AvgIpc) is 2.60. The van der Waals surface area contributed by atoms with Crippen LogP contribution in [0.4, 0.5) is 0 Å². The van der Waals surface area contributed by atoms with Crippen LogP contribution >= 0.6 is 0 Å². The van der Waals surface area contributed by atoms with Gasteiger partial charge in [0.2, 0.25) is 0 Å². The van der Waals surface area contributed by atoms with E-state index in [0.717, 1.165) is 6.04 Å². The van der Waals surface area contributed by atoms with Crippen LogP contribution in [0.15, 0.2) is 0 Å². The van der Waals surface area contributed by atoms with E-state index in [2.05, 4.69) is 10.2 Å². The van der Waals surface area contributed by atoms with Gasteiger partial charge in [-0.2, -0.15) is 0 Å². The van der Waals surface area contributed by atoms with Gasteiger partial charge in [-0.05, 0) is 45.3 Å². The molecule has 2 aliphatic rings. The second-order valence-electron chi connectivity index (χ2n) is 3.80. The minimum absolute atomic E-state index is 0. The van der Waals surface area contributed by atoms with Gasteiger partial charge in [-0.15, -0.1) is 0 Å². The molecule has 0 amide bonds. The van der Waals surface area contributed by atoms with Gasteiger partial charge in [0.25, 0.3) is 0 Å². The molecule has 3 heteroatoms. The molecule has 0 bridgehead atoms. The van der Waals surface area contributed by atoms with Gasteiger partial charge >= 0.3 is 0 Å². The number of nitrogens with one attached hydrogen (secondary N) is 1. The first-order valence-corrected chi connectivity index (χ1v) is 4.91. The van der Waals surface area contributed by atoms with Gasteiger partial charge in [-0.3, -0.25) is 0 Å². The van der Waals surface area contributed by atoms with Gasteiger partial charge in [-0.25, -0.2) is 0 Å². The number of nitrogens with zero attached hydrogens (tertiary/aromatic N) is 1. The van der Waals surface area contributed by atoms with Crippen molar-refractivity contribution >= 4 is 18.9 Å². The first kappa shape index (κ1) is 10.6. The second-order valence-corrected chi connectivity index (χ2v) is 3.80. The predicted molar refractivity (Wildman–Crippen MR) is 52.5 cm³/mol. The van der Waals surface area contributed by atoms with Crippen molar-refractivity contribution in [3.8, 4) is 0 Å². The molecule has 2 nitrogen and oxygen atoms in total. The topological polar surface area (TPSA) is 15.3 Å². The van der Waals surface area contributed by atoms with E-state index in [-0.39, 0.29) is 18.9 Å². The van der Waals surface area contributed by atoms with E-state index in [1.54, 1.807) is 0 Å². The summed E-state index contributed by atoms with van der Waals surface area (Å²) >= 11 is 0. The number of rotatable bonds is 2. The van der Waals surface area contributed by atoms with Gasteiger partial charge in [0.05, 0.1) is 0 Å². The first-order chi connectivity index (χ1) is 5.45. The molecule has 65 valence electrons. The van der Waals surface area contributed by atoms with Gasteiger partial charge in [0.15, 0.2) is 0 Å². The van der Waals surface area contributed by atoms with Crippen molar-refractivity contribution in [3.05, 3.63) is 0 Å². The molecule has 2 rings (SSSR count). The fourth-order valence-corrected chi connectivity index (χ4v) is 2.19. The molecule has 0 saturated carbocycles. The zero-order chi connectivity index (χ0) is 7.52. The van der Waals surface area contributed by atoms with Crippen molar-refractivity contribution in [3.63, 3.8) is 0 Å². The second kappa shape index (κ2) is 5.29. The molecule has 1 atom stereocenters. The third-order valence-corrected chi connectivity index (χ3v) is 2.84. The molecule has 0 spiro atoms. The van der Waals surface area contributed by atoms with Gasteiger partial charge in [0.1, 0.15) is 0 Å². The summed E-state index contributed by atoms with van der Waals surface area (Å²) in [6, 6.07) is 0.813. The van der Waals surface area contributed by atoms with Crippen LogP contribution in [0.1, 0.15) is 25.7 Å². The van der Waals surface area contributed by atoms with E-state index in [1.165, 1.54) is 51.9 Å². The summed E-state index contributed by atoms with van der Waals surface area (Å²) in [6.07, 6.45) is 5.63. The monoisotopic (exact) mass is 161 g/mol. The Balaban J connectivity index is 0.000000720. The molecule has 2 heterocycles. The fraction of sp³-hybridized carbons (Fsp3) is 1.00. The first-order valence-electron chi connectivity index (χ1n) is 4.91. The number of hydrogen-bond donors (Lipinski definition) is 1. The Bertz CT molecular complexity index is 104. The van der Waals surface area contributed by atoms with Crippen LogP contribution in [0.2, 0.25) is 0 Å². The molecule has 0 aromatic carbocycles. The quantitative estimate of drug-likeness (QED) is 0.592. The zero-order valence-electron chi connectivity index (χ0n) is 8.18. The SMILES string of the molecule is C1CN[C@H](CN2CCCC2)C1.[Li]. The normalized spacial score (nSPS) is 30.5. The molecule has 12 heavy (non-hydrogen) atoms. The van der Waals surface area contributed by atoms with Crippen molar-refractivity contribution in [1.82, 2.24) is 10.2 Å². The Labute approximate surface area is 87.3 Å². The summed E-state index contributed by atoms with van der Waals surface area (Å²) in [6.45, 7) is 5.24. The van der Waals surface area contributed by atoms with Crippen LogP contribution in [0.3, 0.4) is 0 Å². The summed E-state index contributed by atoms with van der Waals surface area (Å²) in [5.74, 6) is 0. The smallest absolute Gasteiger partial charge is 0.0195 e. The molecule has 0 unspecified atom stereocenters. The maximum Gasteiger partial charge on any atom is 0.0195 e. The summed E-state index contributed by atoms with van der Waals surface area (Å²) in [5, 5.41) is 3.54. The molecular weight excluding hydrogens is 143 g/mol. The van der Waals surface area contributed by atoms with Crippen LogP contribution in [-0.4, -0.2) is 56.0 Å². The van der Waals surface area contributed by atoms with E-state index >= 15 is 0 Å². The van der Waals surface area contributed by atoms with Crippen LogP contribution < -0.4 is 5.32 Å². The molecule has 2 aliphatic heterocycles. The maximum absolute atomic E-state index is 3.54. The molecule has 0 aromatic heterocycles. The molecular formula is C9H18LiN2. The number of likely N-dealkylation sites (tertiary alicyclic amines) is 1. The van der Waals surface area contributed by atoms with Crippen molar-refractivity contribution in [2.75, 3.05) is 26.2 Å². The third-order valence-electron chi connectivity index (χ3n) is 2.84. The summed E-state index contributed by atoms with van der Waals surface area (Å²) in [5.41, 5.74) is 0. The minimum Gasteiger partial charge on any atom is -0.313 e. The van der Waals surface area contributed by atoms with Crippen LogP contribution in [0.25, 0.3) is 0 Å². The van der Waals surface area contributed by atoms with Crippen molar-refractivity contribution in [2.45, 2.75) is 31.7 Å². The van der Waals surface area contributed by atoms with E-state index in [1.807, 2.05) is 0 Å². The Kier molecular flexibility index (Phi) is 4.67. The van der Waals surface area contributed by atoms with Gasteiger partial charge in [-0.1, -0.05) is 0 Å². The Morgan fingerprint density at radius 3 is 2.50 bits per heavy atom. The molecule has 1 radical (unpaired) electrons. The number of hydrogen-bond acceptors (Lipinski definition) is 2. The Morgan fingerprint density at radius 1 is 1.17 bits per heavy atom. The van der Waals surface area contributed by atoms with Crippen LogP contribution in [0.5, 0.6) is 0 Å². The maximum atomic E-state index is 3.54. The zero-order valence-corrected chi connectivity index (χ0v) is 8.18. The van der Waals surface area contributed by atoms with Gasteiger partial charge in [0, 0.05) is 31.4 Å². The summed E-state index contributed by atoms with van der Waals surface area (Å²) in [7, 11) is 0. The Morgan fingerprint density at radius 2 is 1.92 bits per heavy atom. The molecule has 0 aliphatic carbocycles. The molecule has 0 aromatic rings. The summed E-state index contributed by atoms with van der Waals surface area (Å²) in [4.78, 5) is 2.60. The van der Waals surface area contributed by atoms with E-state index in [4.69, 9.17) is 0 Å². The van der Waals surface area contributed by atoms with Crippen molar-refractivity contribution < 1.29 is 0 Å². The van der Waals surface area contributed by atoms with Crippen LogP contribution in [0, 0.1) is 0 Å². The van der Waals surface area contributed by atoms with Gasteiger partial charge < -0.3 is 10.2 Å². The average molecular weight is 161 g/mol. The minimum atomic E-state index is 0. The van der Waals surface area contributed by atoms with E-state index in [0.29, 0.717) is 0 Å². The largest absolute Gasteiger partial charge is 0.313 e. The van der Waals surface area contributed by atoms with E-state index < -0.39 is 0 Å². The predicted octanol–water partition coefficient (Wildman–Crippen LogP) is 0.453. The van der Waals surface area contributed by atoms with Crippen molar-refractivity contribution in [1.29, 1.82) is 0 Å². The third kappa shape index (κ3) is 2.78. The molecule has 1 N–H and O–H groups in total. The fourth-order valence-electron chi connectivity index (χ4n) is 2.19. The molecule has 2 saturated heterocycles. The molecule has 2 fully saturated rings. The van der Waals surface area contributed by atoms with Crippen LogP contribution in [-0.2, 0) is 0 Å². The Hall–Kier alpha value is 0.517. The standard InChI is InChI=1S/C9H18N2.Li/c1-2-7-11(6-1)8-9-4-3-5-10-9;/h9-10H,1-8H2;/t9-;/m0./s1. The van der Waals surface area contributed by atoms with E-state index in [9.17, 15) is 0 Å². The summed E-state index contributed by atoms with van der Waals surface area (Å²) < 4.78 is 0. The van der Waals surface area contributed by atoms with Crippen molar-refractivity contribution in [2.24, 2.45) is 0 Å².